The molecule has 9 aromatic carbocycles. The third kappa shape index (κ3) is 7.41. The van der Waals surface area contributed by atoms with Crippen molar-refractivity contribution in [2.24, 2.45) is 0 Å². The van der Waals surface area contributed by atoms with Crippen molar-refractivity contribution in [1.29, 1.82) is 0 Å². The summed E-state index contributed by atoms with van der Waals surface area (Å²) in [6.07, 6.45) is 1.10. The molecule has 0 unspecified atom stereocenters. The Hall–Kier alpha value is -7.56. The lowest BCUT2D eigenvalue weighted by molar-refractivity contribution is 0.403. The van der Waals surface area contributed by atoms with Crippen LogP contribution in [-0.4, -0.2) is 6.71 Å². The van der Waals surface area contributed by atoms with Gasteiger partial charge in [0, 0.05) is 51.1 Å². The molecular formula is C67H62BN3. The molecule has 0 spiro atoms. The molecule has 0 radical (unpaired) electrons. The van der Waals surface area contributed by atoms with Crippen molar-refractivity contribution in [2.45, 2.75) is 85.0 Å². The van der Waals surface area contributed by atoms with E-state index in [4.69, 9.17) is 0 Å². The van der Waals surface area contributed by atoms with Gasteiger partial charge in [0.05, 0.1) is 5.69 Å². The molecule has 0 N–H and O–H groups in total. The van der Waals surface area contributed by atoms with Gasteiger partial charge in [0.15, 0.2) is 0 Å². The number of anilines is 9. The molecule has 0 saturated heterocycles. The molecular weight excluding hydrogens is 858 g/mol. The predicted octanol–water partition coefficient (Wildman–Crippen LogP) is 16.4. The Bertz CT molecular complexity index is 3480. The Kier molecular flexibility index (Phi) is 10.4. The van der Waals surface area contributed by atoms with Crippen LogP contribution in [0.1, 0.15) is 82.7 Å². The highest BCUT2D eigenvalue weighted by Gasteiger charge is 2.48. The maximum atomic E-state index is 2.64. The normalized spacial score (nSPS) is 14.9. The van der Waals surface area contributed by atoms with E-state index in [2.05, 4.69) is 277 Å². The molecule has 71 heavy (non-hydrogen) atoms. The summed E-state index contributed by atoms with van der Waals surface area (Å²) in [4.78, 5) is 7.67. The van der Waals surface area contributed by atoms with Crippen molar-refractivity contribution in [3.8, 4) is 22.3 Å². The molecule has 0 atom stereocenters. The predicted molar refractivity (Wildman–Crippen MR) is 305 cm³/mol. The van der Waals surface area contributed by atoms with Gasteiger partial charge in [-0.1, -0.05) is 170 Å². The van der Waals surface area contributed by atoms with E-state index in [1.807, 2.05) is 0 Å². The fourth-order valence-corrected chi connectivity index (χ4v) is 12.6. The lowest BCUT2D eigenvalue weighted by Crippen LogP contribution is -2.61. The van der Waals surface area contributed by atoms with E-state index in [-0.39, 0.29) is 23.0 Å². The monoisotopic (exact) mass is 920 g/mol. The third-order valence-corrected chi connectivity index (χ3v) is 15.7. The Morgan fingerprint density at radius 3 is 1.56 bits per heavy atom. The lowest BCUT2D eigenvalue weighted by Gasteiger charge is -2.46. The Labute approximate surface area is 422 Å². The van der Waals surface area contributed by atoms with Crippen LogP contribution in [-0.2, 0) is 16.2 Å². The average Bonchev–Trinajstić information content (AvgIpc) is 3.55. The van der Waals surface area contributed by atoms with E-state index in [9.17, 15) is 0 Å². The van der Waals surface area contributed by atoms with Gasteiger partial charge in [-0.3, -0.25) is 0 Å². The summed E-state index contributed by atoms with van der Waals surface area (Å²) in [6.45, 7) is 21.3. The number of hydrogen-bond donors (Lipinski definition) is 0. The zero-order valence-electron chi connectivity index (χ0n) is 42.7. The molecule has 0 amide bonds. The van der Waals surface area contributed by atoms with Crippen LogP contribution >= 0.6 is 0 Å². The summed E-state index contributed by atoms with van der Waals surface area (Å²) in [7, 11) is 0. The second-order valence-corrected chi connectivity index (χ2v) is 22.7. The van der Waals surface area contributed by atoms with Gasteiger partial charge >= 0.3 is 0 Å². The molecule has 0 bridgehead atoms. The maximum Gasteiger partial charge on any atom is 0.252 e. The maximum absolute atomic E-state index is 2.64. The standard InChI is InChI=1S/C67H62BN3/c1-44-36-62-64-63(37-44)71(59-35-31-49(65(3,4)5)39-53(59)47-24-16-11-17-25-47)60-40-52(69(50-26-18-12-19-27-50)51-28-20-13-21-29-51)32-33-56(60)68(64)57-41-54-55(67(8,9)43-66(54,6)7)42-61(57)70(62)58-34-30-48(38-45(58)2)46-22-14-10-15-23-46/h10-42H,43H2,1-9H3. The minimum atomic E-state index is -0.0464. The van der Waals surface area contributed by atoms with Crippen LogP contribution in [0, 0.1) is 13.8 Å². The van der Waals surface area contributed by atoms with Crippen LogP contribution < -0.4 is 31.1 Å². The first kappa shape index (κ1) is 44.6. The quantitative estimate of drug-likeness (QED) is 0.148. The molecule has 0 fully saturated rings. The van der Waals surface area contributed by atoms with Gasteiger partial charge in [0.2, 0.25) is 0 Å². The molecule has 1 aliphatic carbocycles. The number of fused-ring (bicyclic) bond motifs is 5. The molecule has 348 valence electrons. The minimum absolute atomic E-state index is 0.0149. The van der Waals surface area contributed by atoms with Gasteiger partial charge in [-0.15, -0.1) is 0 Å². The van der Waals surface area contributed by atoms with E-state index in [0.717, 1.165) is 29.2 Å². The third-order valence-electron chi connectivity index (χ3n) is 15.7. The van der Waals surface area contributed by atoms with Crippen molar-refractivity contribution < 1.29 is 0 Å². The first-order valence-corrected chi connectivity index (χ1v) is 25.5. The second kappa shape index (κ2) is 16.5. The smallest absolute Gasteiger partial charge is 0.252 e. The Balaban J connectivity index is 1.19. The van der Waals surface area contributed by atoms with Crippen LogP contribution in [0.15, 0.2) is 200 Å². The Morgan fingerprint density at radius 1 is 0.437 bits per heavy atom. The van der Waals surface area contributed by atoms with E-state index in [1.54, 1.807) is 0 Å². The summed E-state index contributed by atoms with van der Waals surface area (Å²) >= 11 is 0. The van der Waals surface area contributed by atoms with Crippen molar-refractivity contribution in [3.05, 3.63) is 228 Å². The van der Waals surface area contributed by atoms with Gasteiger partial charge in [-0.25, -0.2) is 0 Å². The fourth-order valence-electron chi connectivity index (χ4n) is 12.6. The molecule has 9 aromatic rings. The van der Waals surface area contributed by atoms with E-state index >= 15 is 0 Å². The van der Waals surface area contributed by atoms with Crippen molar-refractivity contribution in [1.82, 2.24) is 0 Å². The SMILES string of the molecule is Cc1cc2c3c(c1)N(c1ccc(C(C)(C)C)cc1-c1ccccc1)c1cc(N(c4ccccc4)c4ccccc4)ccc1B3c1cc3c(cc1N2c1ccc(-c2ccccc2)cc1C)C(C)(C)CC3(C)C. The topological polar surface area (TPSA) is 9.72 Å². The molecule has 0 aromatic heterocycles. The number of aryl methyl sites for hydroxylation is 2. The zero-order valence-corrected chi connectivity index (χ0v) is 42.7. The van der Waals surface area contributed by atoms with Crippen molar-refractivity contribution in [2.75, 3.05) is 14.7 Å². The van der Waals surface area contributed by atoms with Gasteiger partial charge in [0.1, 0.15) is 0 Å². The van der Waals surface area contributed by atoms with E-state index in [1.165, 1.54) is 94.9 Å². The van der Waals surface area contributed by atoms with Gasteiger partial charge in [-0.2, -0.15) is 0 Å². The minimum Gasteiger partial charge on any atom is -0.311 e. The molecule has 3 nitrogen and oxygen atoms in total. The highest BCUT2D eigenvalue weighted by molar-refractivity contribution is 7.00. The number of benzene rings is 9. The zero-order chi connectivity index (χ0) is 49.0. The number of para-hydroxylation sites is 2. The summed E-state index contributed by atoms with van der Waals surface area (Å²) in [5.74, 6) is 0. The Morgan fingerprint density at radius 2 is 0.972 bits per heavy atom. The number of rotatable bonds is 7. The van der Waals surface area contributed by atoms with E-state index < -0.39 is 0 Å². The van der Waals surface area contributed by atoms with Gasteiger partial charge in [0.25, 0.3) is 6.71 Å². The van der Waals surface area contributed by atoms with Gasteiger partial charge < -0.3 is 14.7 Å². The molecule has 2 aliphatic heterocycles. The van der Waals surface area contributed by atoms with E-state index in [0.29, 0.717) is 0 Å². The highest BCUT2D eigenvalue weighted by Crippen LogP contribution is 2.54. The largest absolute Gasteiger partial charge is 0.311 e. The summed E-state index contributed by atoms with van der Waals surface area (Å²) in [6, 6.07) is 75.3. The molecule has 3 aliphatic rings. The highest BCUT2D eigenvalue weighted by atomic mass is 15.2. The number of hydrogen-bond acceptors (Lipinski definition) is 3. The first-order valence-electron chi connectivity index (χ1n) is 25.5. The van der Waals surface area contributed by atoms with Crippen LogP contribution in [0.25, 0.3) is 22.3 Å². The van der Waals surface area contributed by atoms with Crippen molar-refractivity contribution >= 4 is 74.3 Å². The average molecular weight is 920 g/mol. The van der Waals surface area contributed by atoms with Crippen LogP contribution in [0.3, 0.4) is 0 Å². The number of nitrogens with zero attached hydrogens (tertiary/aromatic N) is 3. The lowest BCUT2D eigenvalue weighted by atomic mass is 9.33. The molecule has 2 heterocycles. The van der Waals surface area contributed by atoms with Crippen LogP contribution in [0.5, 0.6) is 0 Å². The molecule has 12 rings (SSSR count). The summed E-state index contributed by atoms with van der Waals surface area (Å²) in [5.41, 5.74) is 26.2. The second-order valence-electron chi connectivity index (χ2n) is 22.7. The van der Waals surface area contributed by atoms with Gasteiger partial charge in [-0.05, 0) is 176 Å². The fraction of sp³-hybridized carbons (Fsp3) is 0.194. The summed E-state index contributed by atoms with van der Waals surface area (Å²) in [5, 5.41) is 0. The van der Waals surface area contributed by atoms with Crippen LogP contribution in [0.4, 0.5) is 51.2 Å². The van der Waals surface area contributed by atoms with Crippen LogP contribution in [0.2, 0.25) is 0 Å². The van der Waals surface area contributed by atoms with Crippen molar-refractivity contribution in [3.63, 3.8) is 0 Å². The first-order chi connectivity index (χ1) is 34.2. The summed E-state index contributed by atoms with van der Waals surface area (Å²) < 4.78 is 0. The molecule has 0 saturated carbocycles. The molecule has 4 heteroatoms.